The van der Waals surface area contributed by atoms with E-state index in [9.17, 15) is 0 Å². The number of aromatic nitrogens is 1. The van der Waals surface area contributed by atoms with Gasteiger partial charge in [-0.3, -0.25) is 4.99 Å². The molecule has 0 saturated heterocycles. The molecule has 3 rings (SSSR count). The van der Waals surface area contributed by atoms with Gasteiger partial charge < -0.3 is 20.0 Å². The van der Waals surface area contributed by atoms with E-state index in [2.05, 4.69) is 56.8 Å². The van der Waals surface area contributed by atoms with Gasteiger partial charge in [0.1, 0.15) is 5.76 Å². The van der Waals surface area contributed by atoms with Crippen molar-refractivity contribution in [1.29, 1.82) is 0 Å². The van der Waals surface area contributed by atoms with Crippen molar-refractivity contribution >= 4 is 35.6 Å². The third-order valence-corrected chi connectivity index (χ3v) is 5.63. The minimum atomic E-state index is 0. The van der Waals surface area contributed by atoms with Gasteiger partial charge in [0.25, 0.3) is 0 Å². The first kappa shape index (κ1) is 23.5. The highest BCUT2D eigenvalue weighted by atomic mass is 127. The first-order valence-corrected chi connectivity index (χ1v) is 10.3. The van der Waals surface area contributed by atoms with E-state index in [4.69, 9.17) is 4.42 Å². The molecular formula is C22H34IN5O. The van der Waals surface area contributed by atoms with Gasteiger partial charge in [0.2, 0.25) is 5.89 Å². The Kier molecular flexibility index (Phi) is 9.26. The molecule has 0 aliphatic heterocycles. The average molecular weight is 511 g/mol. The summed E-state index contributed by atoms with van der Waals surface area (Å²) in [6, 6.07) is 9.51. The maximum atomic E-state index is 5.60. The number of hydrogen-bond acceptors (Lipinski definition) is 4. The van der Waals surface area contributed by atoms with Gasteiger partial charge in [-0.05, 0) is 44.4 Å². The standard InChI is InChI=1S/C22H33N5O.HI/c1-16-17(2)28-21(26-16)15-25-22(23-3)24-14-18-10-12-20(13-11-18)27(4)19-8-6-5-7-9-19;/h10-13,19H,5-9,14-15H2,1-4H3,(H2,23,24,25);1H. The molecule has 2 aromatic rings. The second-order valence-corrected chi connectivity index (χ2v) is 7.60. The largest absolute Gasteiger partial charge is 0.444 e. The van der Waals surface area contributed by atoms with Gasteiger partial charge in [-0.15, -0.1) is 24.0 Å². The van der Waals surface area contributed by atoms with Crippen molar-refractivity contribution in [3.05, 3.63) is 47.2 Å². The van der Waals surface area contributed by atoms with E-state index in [1.807, 2.05) is 13.8 Å². The summed E-state index contributed by atoms with van der Waals surface area (Å²) < 4.78 is 5.60. The van der Waals surface area contributed by atoms with Crippen LogP contribution in [0.25, 0.3) is 0 Å². The summed E-state index contributed by atoms with van der Waals surface area (Å²) in [5.74, 6) is 2.27. The molecule has 1 aliphatic rings. The van der Waals surface area contributed by atoms with Crippen molar-refractivity contribution in [3.8, 4) is 0 Å². The summed E-state index contributed by atoms with van der Waals surface area (Å²) in [4.78, 5) is 11.1. The third-order valence-electron chi connectivity index (χ3n) is 5.63. The van der Waals surface area contributed by atoms with E-state index in [0.717, 1.165) is 24.0 Å². The predicted octanol–water partition coefficient (Wildman–Crippen LogP) is 4.54. The van der Waals surface area contributed by atoms with E-state index >= 15 is 0 Å². The van der Waals surface area contributed by atoms with Crippen molar-refractivity contribution in [3.63, 3.8) is 0 Å². The van der Waals surface area contributed by atoms with Crippen molar-refractivity contribution in [1.82, 2.24) is 15.6 Å². The van der Waals surface area contributed by atoms with Crippen LogP contribution >= 0.6 is 24.0 Å². The van der Waals surface area contributed by atoms with Crippen LogP contribution in [0.4, 0.5) is 5.69 Å². The lowest BCUT2D eigenvalue weighted by molar-refractivity contribution is 0.427. The Bertz CT molecular complexity index is 762. The molecule has 1 saturated carbocycles. The molecule has 160 valence electrons. The van der Waals surface area contributed by atoms with Crippen molar-refractivity contribution in [2.75, 3.05) is 19.0 Å². The molecular weight excluding hydrogens is 477 g/mol. The van der Waals surface area contributed by atoms with E-state index < -0.39 is 0 Å². The monoisotopic (exact) mass is 511 g/mol. The minimum Gasteiger partial charge on any atom is -0.444 e. The number of nitrogens with one attached hydrogen (secondary N) is 2. The molecule has 0 atom stereocenters. The molecule has 29 heavy (non-hydrogen) atoms. The van der Waals surface area contributed by atoms with Gasteiger partial charge in [-0.2, -0.15) is 0 Å². The fourth-order valence-corrected chi connectivity index (χ4v) is 3.71. The highest BCUT2D eigenvalue weighted by Gasteiger charge is 2.18. The number of guanidine groups is 1. The first-order chi connectivity index (χ1) is 13.6. The summed E-state index contributed by atoms with van der Waals surface area (Å²) >= 11 is 0. The second-order valence-electron chi connectivity index (χ2n) is 7.60. The van der Waals surface area contributed by atoms with Crippen LogP contribution in [0.15, 0.2) is 33.7 Å². The lowest BCUT2D eigenvalue weighted by Crippen LogP contribution is -2.36. The third kappa shape index (κ3) is 6.62. The number of benzene rings is 1. The number of halogens is 1. The maximum Gasteiger partial charge on any atom is 0.214 e. The van der Waals surface area contributed by atoms with Crippen molar-refractivity contribution in [2.45, 2.75) is 65.1 Å². The molecule has 0 spiro atoms. The van der Waals surface area contributed by atoms with E-state index in [1.54, 1.807) is 7.05 Å². The number of aliphatic imine (C=N–C) groups is 1. The Morgan fingerprint density at radius 2 is 1.76 bits per heavy atom. The summed E-state index contributed by atoms with van der Waals surface area (Å²) in [5.41, 5.74) is 3.46. The molecule has 1 aromatic heterocycles. The molecule has 6 nitrogen and oxygen atoms in total. The van der Waals surface area contributed by atoms with Crippen LogP contribution < -0.4 is 15.5 Å². The quantitative estimate of drug-likeness (QED) is 0.339. The summed E-state index contributed by atoms with van der Waals surface area (Å²) in [6.45, 7) is 5.11. The van der Waals surface area contributed by atoms with Crippen LogP contribution in [0.2, 0.25) is 0 Å². The van der Waals surface area contributed by atoms with E-state index in [1.165, 1.54) is 43.4 Å². The average Bonchev–Trinajstić information content (AvgIpc) is 3.06. The Morgan fingerprint density at radius 1 is 1.10 bits per heavy atom. The normalized spacial score (nSPS) is 15.0. The number of aryl methyl sites for hydroxylation is 2. The molecule has 0 radical (unpaired) electrons. The van der Waals surface area contributed by atoms with Crippen LogP contribution in [0.3, 0.4) is 0 Å². The number of rotatable bonds is 6. The number of nitrogens with zero attached hydrogens (tertiary/aromatic N) is 3. The summed E-state index contributed by atoms with van der Waals surface area (Å²) in [7, 11) is 3.99. The van der Waals surface area contributed by atoms with Gasteiger partial charge in [-0.1, -0.05) is 31.4 Å². The van der Waals surface area contributed by atoms with Crippen molar-refractivity contribution < 1.29 is 4.42 Å². The molecule has 7 heteroatoms. The molecule has 1 heterocycles. The summed E-state index contributed by atoms with van der Waals surface area (Å²) in [5, 5.41) is 6.59. The minimum absolute atomic E-state index is 0. The smallest absolute Gasteiger partial charge is 0.214 e. The number of hydrogen-bond donors (Lipinski definition) is 2. The van der Waals surface area contributed by atoms with Gasteiger partial charge in [0.05, 0.1) is 12.2 Å². The highest BCUT2D eigenvalue weighted by Crippen LogP contribution is 2.26. The first-order valence-electron chi connectivity index (χ1n) is 10.3. The zero-order chi connectivity index (χ0) is 19.9. The van der Waals surface area contributed by atoms with Crippen molar-refractivity contribution in [2.24, 2.45) is 4.99 Å². The molecule has 0 amide bonds. The SMILES string of the molecule is CN=C(NCc1ccc(N(C)C2CCCCC2)cc1)NCc1nc(C)c(C)o1.I. The van der Waals surface area contributed by atoms with Gasteiger partial charge >= 0.3 is 0 Å². The fraction of sp³-hybridized carbons (Fsp3) is 0.545. The van der Waals surface area contributed by atoms with Gasteiger partial charge in [-0.25, -0.2) is 4.98 Å². The van der Waals surface area contributed by atoms with Gasteiger partial charge in [0.15, 0.2) is 5.96 Å². The maximum absolute atomic E-state index is 5.60. The predicted molar refractivity (Wildman–Crippen MR) is 130 cm³/mol. The lowest BCUT2D eigenvalue weighted by Gasteiger charge is -2.33. The highest BCUT2D eigenvalue weighted by molar-refractivity contribution is 14.0. The second kappa shape index (κ2) is 11.4. The Hall–Kier alpha value is -1.77. The Balaban J connectivity index is 0.00000300. The number of oxazole rings is 1. The molecule has 0 bridgehead atoms. The molecule has 1 fully saturated rings. The summed E-state index contributed by atoms with van der Waals surface area (Å²) in [6.07, 6.45) is 6.72. The molecule has 1 aromatic carbocycles. The Morgan fingerprint density at radius 3 is 2.34 bits per heavy atom. The van der Waals surface area contributed by atoms with E-state index in [0.29, 0.717) is 18.5 Å². The fourth-order valence-electron chi connectivity index (χ4n) is 3.71. The van der Waals surface area contributed by atoms with Crippen LogP contribution in [0.5, 0.6) is 0 Å². The zero-order valence-electron chi connectivity index (χ0n) is 18.0. The molecule has 0 unspecified atom stereocenters. The zero-order valence-corrected chi connectivity index (χ0v) is 20.3. The molecule has 1 aliphatic carbocycles. The molecule has 2 N–H and O–H groups in total. The number of anilines is 1. The van der Waals surface area contributed by atoms with Crippen LogP contribution in [-0.2, 0) is 13.1 Å². The topological polar surface area (TPSA) is 65.7 Å². The van der Waals surface area contributed by atoms with Crippen LogP contribution in [0.1, 0.15) is 55.0 Å². The lowest BCUT2D eigenvalue weighted by atomic mass is 9.94. The van der Waals surface area contributed by atoms with Crippen LogP contribution in [0, 0.1) is 13.8 Å². The Labute approximate surface area is 191 Å². The van der Waals surface area contributed by atoms with Gasteiger partial charge in [0, 0.05) is 32.4 Å². The van der Waals surface area contributed by atoms with E-state index in [-0.39, 0.29) is 24.0 Å². The van der Waals surface area contributed by atoms with Crippen LogP contribution in [-0.4, -0.2) is 31.1 Å².